The van der Waals surface area contributed by atoms with Crippen LogP contribution in [0.15, 0.2) is 72.8 Å². The molecule has 2 aromatic rings. The lowest BCUT2D eigenvalue weighted by Gasteiger charge is -2.12. The summed E-state index contributed by atoms with van der Waals surface area (Å²) < 4.78 is 0. The zero-order chi connectivity index (χ0) is 16.1. The molecule has 0 saturated heterocycles. The summed E-state index contributed by atoms with van der Waals surface area (Å²) in [6.07, 6.45) is 6.34. The van der Waals surface area contributed by atoms with Crippen LogP contribution in [0.1, 0.15) is 30.5 Å². The van der Waals surface area contributed by atoms with Gasteiger partial charge < -0.3 is 0 Å². The predicted molar refractivity (Wildman–Crippen MR) is 99.0 cm³/mol. The molecule has 0 saturated carbocycles. The highest BCUT2D eigenvalue weighted by Gasteiger charge is 2.07. The second-order valence-electron chi connectivity index (χ2n) is 5.79. The van der Waals surface area contributed by atoms with Gasteiger partial charge in [0.1, 0.15) is 0 Å². The molecule has 0 fully saturated rings. The van der Waals surface area contributed by atoms with E-state index < -0.39 is 0 Å². The van der Waals surface area contributed by atoms with Gasteiger partial charge in [0, 0.05) is 0 Å². The molecule has 0 bridgehead atoms. The average molecular weight is 288 g/mol. The third kappa shape index (κ3) is 3.65. The summed E-state index contributed by atoms with van der Waals surface area (Å²) in [6, 6.07) is 15.2. The van der Waals surface area contributed by atoms with E-state index in [-0.39, 0.29) is 0 Å². The van der Waals surface area contributed by atoms with E-state index in [1.54, 1.807) is 0 Å². The molecule has 0 heterocycles. The van der Waals surface area contributed by atoms with Gasteiger partial charge in [-0.3, -0.25) is 0 Å². The van der Waals surface area contributed by atoms with Gasteiger partial charge in [0.2, 0.25) is 0 Å². The van der Waals surface area contributed by atoms with Crippen molar-refractivity contribution in [3.05, 3.63) is 89.5 Å². The van der Waals surface area contributed by atoms with Crippen molar-refractivity contribution < 1.29 is 0 Å². The number of hydrogen-bond acceptors (Lipinski definition) is 0. The van der Waals surface area contributed by atoms with Crippen LogP contribution in [0, 0.1) is 13.8 Å². The Morgan fingerprint density at radius 1 is 0.955 bits per heavy atom. The zero-order valence-electron chi connectivity index (χ0n) is 14.0. The van der Waals surface area contributed by atoms with Crippen LogP contribution in [-0.4, -0.2) is 0 Å². The summed E-state index contributed by atoms with van der Waals surface area (Å²) >= 11 is 0. The molecule has 0 amide bonds. The number of aryl methyl sites for hydroxylation is 2. The molecule has 2 rings (SSSR count). The SMILES string of the molecule is C=C(C)/C=C(\C=C/C)c1ccc(C)c(-c2ccccc2C)c1. The Morgan fingerprint density at radius 3 is 2.27 bits per heavy atom. The number of benzene rings is 2. The summed E-state index contributed by atoms with van der Waals surface area (Å²) in [4.78, 5) is 0. The van der Waals surface area contributed by atoms with Crippen molar-refractivity contribution in [1.29, 1.82) is 0 Å². The first-order valence-electron chi connectivity index (χ1n) is 7.70. The van der Waals surface area contributed by atoms with Crippen molar-refractivity contribution in [3.63, 3.8) is 0 Å². The summed E-state index contributed by atoms with van der Waals surface area (Å²) in [5.41, 5.74) is 8.69. The fourth-order valence-corrected chi connectivity index (χ4v) is 2.64. The number of rotatable bonds is 4. The zero-order valence-corrected chi connectivity index (χ0v) is 14.0. The molecule has 112 valence electrons. The lowest BCUT2D eigenvalue weighted by Crippen LogP contribution is -1.90. The molecule has 0 aliphatic rings. The first kappa shape index (κ1) is 16.0. The van der Waals surface area contributed by atoms with Gasteiger partial charge in [-0.1, -0.05) is 66.8 Å². The quantitative estimate of drug-likeness (QED) is 0.563. The Kier molecular flexibility index (Phi) is 5.16. The van der Waals surface area contributed by atoms with Crippen molar-refractivity contribution in [3.8, 4) is 11.1 Å². The summed E-state index contributed by atoms with van der Waals surface area (Å²) in [5, 5.41) is 0. The molecule has 0 aliphatic carbocycles. The first-order valence-corrected chi connectivity index (χ1v) is 7.70. The van der Waals surface area contributed by atoms with Crippen molar-refractivity contribution in [1.82, 2.24) is 0 Å². The second kappa shape index (κ2) is 7.09. The Bertz CT molecular complexity index is 742. The van der Waals surface area contributed by atoms with Crippen molar-refractivity contribution in [2.75, 3.05) is 0 Å². The van der Waals surface area contributed by atoms with E-state index in [2.05, 4.69) is 81.1 Å². The number of allylic oxidation sites excluding steroid dienone is 5. The normalized spacial score (nSPS) is 11.9. The van der Waals surface area contributed by atoms with Gasteiger partial charge in [0.25, 0.3) is 0 Å². The predicted octanol–water partition coefficient (Wildman–Crippen LogP) is 6.51. The molecule has 0 N–H and O–H groups in total. The van der Waals surface area contributed by atoms with Crippen LogP contribution in [0.2, 0.25) is 0 Å². The van der Waals surface area contributed by atoms with E-state index in [0.717, 1.165) is 5.57 Å². The van der Waals surface area contributed by atoms with E-state index in [1.165, 1.54) is 33.4 Å². The Morgan fingerprint density at radius 2 is 1.64 bits per heavy atom. The van der Waals surface area contributed by atoms with Crippen molar-refractivity contribution >= 4 is 5.57 Å². The Hall–Kier alpha value is -2.34. The molecule has 0 heteroatoms. The van der Waals surface area contributed by atoms with Gasteiger partial charge in [-0.15, -0.1) is 0 Å². The first-order chi connectivity index (χ1) is 10.5. The maximum Gasteiger partial charge on any atom is -0.0146 e. The second-order valence-corrected chi connectivity index (χ2v) is 5.79. The van der Waals surface area contributed by atoms with E-state index >= 15 is 0 Å². The minimum absolute atomic E-state index is 1.06. The smallest absolute Gasteiger partial charge is 0.0146 e. The highest BCUT2D eigenvalue weighted by molar-refractivity contribution is 5.81. The van der Waals surface area contributed by atoms with Crippen LogP contribution < -0.4 is 0 Å². The fraction of sp³-hybridized carbons (Fsp3) is 0.182. The standard InChI is InChI=1S/C22H24/c1-6-9-19(14-16(2)3)20-13-12-18(5)22(15-20)21-11-8-7-10-17(21)4/h6-15H,2H2,1,3-5H3/b9-6-,19-14+. The van der Waals surface area contributed by atoms with E-state index in [4.69, 9.17) is 0 Å². The monoisotopic (exact) mass is 288 g/mol. The van der Waals surface area contributed by atoms with Crippen LogP contribution in [0.5, 0.6) is 0 Å². The van der Waals surface area contributed by atoms with Crippen molar-refractivity contribution in [2.45, 2.75) is 27.7 Å². The minimum atomic E-state index is 1.06. The van der Waals surface area contributed by atoms with Gasteiger partial charge in [0.05, 0.1) is 0 Å². The molecule has 0 aromatic heterocycles. The minimum Gasteiger partial charge on any atom is -0.0961 e. The summed E-state index contributed by atoms with van der Waals surface area (Å²) in [6.45, 7) is 12.4. The van der Waals surface area contributed by atoms with Crippen molar-refractivity contribution in [2.24, 2.45) is 0 Å². The molecule has 0 spiro atoms. The molecular formula is C22H24. The molecule has 22 heavy (non-hydrogen) atoms. The molecule has 0 nitrogen and oxygen atoms in total. The highest BCUT2D eigenvalue weighted by atomic mass is 14.1. The van der Waals surface area contributed by atoms with E-state index in [0.29, 0.717) is 0 Å². The third-order valence-corrected chi connectivity index (χ3v) is 3.75. The summed E-state index contributed by atoms with van der Waals surface area (Å²) in [5.74, 6) is 0. The molecular weight excluding hydrogens is 264 g/mol. The largest absolute Gasteiger partial charge is 0.0961 e. The van der Waals surface area contributed by atoms with Crippen LogP contribution in [-0.2, 0) is 0 Å². The highest BCUT2D eigenvalue weighted by Crippen LogP contribution is 2.30. The lowest BCUT2D eigenvalue weighted by molar-refractivity contribution is 1.40. The van der Waals surface area contributed by atoms with Gasteiger partial charge in [-0.2, -0.15) is 0 Å². The molecule has 0 unspecified atom stereocenters. The van der Waals surface area contributed by atoms with Gasteiger partial charge in [0.15, 0.2) is 0 Å². The Balaban J connectivity index is 2.60. The Labute approximate surface area is 134 Å². The van der Waals surface area contributed by atoms with Gasteiger partial charge in [-0.05, 0) is 67.2 Å². The molecule has 2 aromatic carbocycles. The van der Waals surface area contributed by atoms with E-state index in [1.807, 2.05) is 13.8 Å². The summed E-state index contributed by atoms with van der Waals surface area (Å²) in [7, 11) is 0. The van der Waals surface area contributed by atoms with Crippen LogP contribution in [0.4, 0.5) is 0 Å². The van der Waals surface area contributed by atoms with Gasteiger partial charge >= 0.3 is 0 Å². The van der Waals surface area contributed by atoms with E-state index in [9.17, 15) is 0 Å². The third-order valence-electron chi connectivity index (χ3n) is 3.75. The lowest BCUT2D eigenvalue weighted by atomic mass is 9.92. The molecule has 0 radical (unpaired) electrons. The number of hydrogen-bond donors (Lipinski definition) is 0. The molecule has 0 atom stereocenters. The van der Waals surface area contributed by atoms with Crippen LogP contribution in [0.25, 0.3) is 16.7 Å². The van der Waals surface area contributed by atoms with Crippen LogP contribution in [0.3, 0.4) is 0 Å². The van der Waals surface area contributed by atoms with Crippen LogP contribution >= 0.6 is 0 Å². The molecule has 0 aliphatic heterocycles. The fourth-order valence-electron chi connectivity index (χ4n) is 2.64. The maximum atomic E-state index is 4.00. The maximum absolute atomic E-state index is 4.00. The average Bonchev–Trinajstić information content (AvgIpc) is 2.48. The van der Waals surface area contributed by atoms with Gasteiger partial charge in [-0.25, -0.2) is 0 Å². The topological polar surface area (TPSA) is 0 Å².